The number of carbonyl (C=O) groups is 1. The zero-order valence-corrected chi connectivity index (χ0v) is 21.0. The molecule has 2 N–H and O–H groups in total. The largest absolute Gasteiger partial charge is 0.489 e. The predicted octanol–water partition coefficient (Wildman–Crippen LogP) is 6.76. The number of oxazole rings is 1. The first kappa shape index (κ1) is 24.2. The van der Waals surface area contributed by atoms with Gasteiger partial charge in [0.1, 0.15) is 17.9 Å². The number of aryl methyl sites for hydroxylation is 1. The first-order valence-electron chi connectivity index (χ1n) is 12.0. The molecule has 184 valence electrons. The normalized spacial score (nSPS) is 10.7. The lowest BCUT2D eigenvalue weighted by atomic mass is 10.1. The van der Waals surface area contributed by atoms with Crippen LogP contribution in [0.4, 0.5) is 5.69 Å². The number of hydrogen-bond acceptors (Lipinski definition) is 5. The lowest BCUT2D eigenvalue weighted by Crippen LogP contribution is -2.34. The molecule has 0 radical (unpaired) electrons. The van der Waals surface area contributed by atoms with Crippen LogP contribution in [0.3, 0.4) is 0 Å². The minimum absolute atomic E-state index is 0.197. The monoisotopic (exact) mass is 507 g/mol. The van der Waals surface area contributed by atoms with Gasteiger partial charge in [0.2, 0.25) is 5.89 Å². The fourth-order valence-corrected chi connectivity index (χ4v) is 4.03. The van der Waals surface area contributed by atoms with E-state index in [1.54, 1.807) is 18.2 Å². The number of anilines is 1. The summed E-state index contributed by atoms with van der Waals surface area (Å²) in [5, 5.41) is 5.95. The summed E-state index contributed by atoms with van der Waals surface area (Å²) in [5.74, 6) is 0.841. The molecule has 37 heavy (non-hydrogen) atoms. The SMILES string of the molecule is CCc1ccc2oc(-c3ccc(NC(=S)NC(=O)c4cccc(OCc5ccccc5)c4)cc3)nc2c1. The van der Waals surface area contributed by atoms with Crippen LogP contribution in [0.5, 0.6) is 5.75 Å². The van der Waals surface area contributed by atoms with E-state index in [0.29, 0.717) is 23.8 Å². The molecule has 6 nitrogen and oxygen atoms in total. The Morgan fingerprint density at radius 3 is 2.51 bits per heavy atom. The Balaban J connectivity index is 1.18. The fourth-order valence-electron chi connectivity index (χ4n) is 3.82. The molecule has 1 heterocycles. The molecule has 5 rings (SSSR count). The Labute approximate surface area is 220 Å². The topological polar surface area (TPSA) is 76.4 Å². The second-order valence-corrected chi connectivity index (χ2v) is 8.87. The Hall–Kier alpha value is -4.49. The van der Waals surface area contributed by atoms with Crippen molar-refractivity contribution in [2.24, 2.45) is 0 Å². The number of ether oxygens (including phenoxy) is 1. The predicted molar refractivity (Wildman–Crippen MR) is 150 cm³/mol. The number of nitrogens with zero attached hydrogens (tertiary/aromatic N) is 1. The van der Waals surface area contributed by atoms with Crippen molar-refractivity contribution in [1.82, 2.24) is 10.3 Å². The van der Waals surface area contributed by atoms with Gasteiger partial charge in [-0.2, -0.15) is 0 Å². The highest BCUT2D eigenvalue weighted by Gasteiger charge is 2.11. The minimum atomic E-state index is -0.322. The quantitative estimate of drug-likeness (QED) is 0.237. The summed E-state index contributed by atoms with van der Waals surface area (Å²) in [6.45, 7) is 2.53. The van der Waals surface area contributed by atoms with Crippen LogP contribution in [-0.4, -0.2) is 16.0 Å². The van der Waals surface area contributed by atoms with Crippen molar-refractivity contribution in [3.05, 3.63) is 114 Å². The van der Waals surface area contributed by atoms with Crippen LogP contribution >= 0.6 is 12.2 Å². The van der Waals surface area contributed by atoms with Crippen LogP contribution in [0, 0.1) is 0 Å². The maximum atomic E-state index is 12.7. The maximum absolute atomic E-state index is 12.7. The van der Waals surface area contributed by atoms with E-state index in [2.05, 4.69) is 22.5 Å². The Morgan fingerprint density at radius 1 is 0.919 bits per heavy atom. The molecule has 0 saturated heterocycles. The molecule has 0 fully saturated rings. The second kappa shape index (κ2) is 11.1. The number of benzene rings is 4. The summed E-state index contributed by atoms with van der Waals surface area (Å²) >= 11 is 5.35. The van der Waals surface area contributed by atoms with Crippen LogP contribution in [-0.2, 0) is 13.0 Å². The van der Waals surface area contributed by atoms with Crippen molar-refractivity contribution in [1.29, 1.82) is 0 Å². The van der Waals surface area contributed by atoms with Gasteiger partial charge in [-0.05, 0) is 84.4 Å². The molecular weight excluding hydrogens is 482 g/mol. The van der Waals surface area contributed by atoms with E-state index >= 15 is 0 Å². The van der Waals surface area contributed by atoms with Crippen molar-refractivity contribution < 1.29 is 13.9 Å². The van der Waals surface area contributed by atoms with E-state index in [1.165, 1.54) is 5.56 Å². The van der Waals surface area contributed by atoms with Crippen LogP contribution < -0.4 is 15.4 Å². The van der Waals surface area contributed by atoms with E-state index in [9.17, 15) is 4.79 Å². The lowest BCUT2D eigenvalue weighted by Gasteiger charge is -2.11. The van der Waals surface area contributed by atoms with Gasteiger partial charge < -0.3 is 14.5 Å². The molecule has 1 aromatic heterocycles. The molecule has 5 aromatic rings. The molecule has 0 saturated carbocycles. The highest BCUT2D eigenvalue weighted by molar-refractivity contribution is 7.80. The van der Waals surface area contributed by atoms with E-state index in [-0.39, 0.29) is 11.0 Å². The summed E-state index contributed by atoms with van der Waals surface area (Å²) in [6.07, 6.45) is 0.947. The number of hydrogen-bond donors (Lipinski definition) is 2. The molecule has 7 heteroatoms. The summed E-state index contributed by atoms with van der Waals surface area (Å²) in [7, 11) is 0. The Morgan fingerprint density at radius 2 is 1.73 bits per heavy atom. The molecule has 0 aliphatic heterocycles. The number of nitrogens with one attached hydrogen (secondary N) is 2. The molecule has 0 spiro atoms. The molecule has 0 bridgehead atoms. The summed E-state index contributed by atoms with van der Waals surface area (Å²) in [4.78, 5) is 17.3. The van der Waals surface area contributed by atoms with Gasteiger partial charge in [-0.1, -0.05) is 49.4 Å². The van der Waals surface area contributed by atoms with Crippen molar-refractivity contribution in [2.75, 3.05) is 5.32 Å². The summed E-state index contributed by atoms with van der Waals surface area (Å²) < 4.78 is 11.7. The third kappa shape index (κ3) is 6.02. The standard InChI is InChI=1S/C30H25N3O3S/c1-2-20-11-16-27-26(17-20)32-29(36-27)22-12-14-24(15-13-22)31-30(37)33-28(34)23-9-6-10-25(18-23)35-19-21-7-4-3-5-8-21/h3-18H,2,19H2,1H3,(H2,31,33,34,37). The molecule has 0 aliphatic carbocycles. The summed E-state index contributed by atoms with van der Waals surface area (Å²) in [5.41, 5.74) is 5.90. The molecule has 0 atom stereocenters. The average molecular weight is 508 g/mol. The smallest absolute Gasteiger partial charge is 0.257 e. The van der Waals surface area contributed by atoms with Gasteiger partial charge in [-0.15, -0.1) is 0 Å². The van der Waals surface area contributed by atoms with Gasteiger partial charge in [-0.3, -0.25) is 10.1 Å². The lowest BCUT2D eigenvalue weighted by molar-refractivity contribution is 0.0977. The van der Waals surface area contributed by atoms with E-state index in [0.717, 1.165) is 34.3 Å². The third-order valence-electron chi connectivity index (χ3n) is 5.82. The third-order valence-corrected chi connectivity index (χ3v) is 6.03. The van der Waals surface area contributed by atoms with Crippen molar-refractivity contribution in [3.8, 4) is 17.2 Å². The van der Waals surface area contributed by atoms with Crippen LogP contribution in [0.15, 0.2) is 101 Å². The van der Waals surface area contributed by atoms with Gasteiger partial charge in [0.05, 0.1) is 0 Å². The number of rotatable bonds is 7. The van der Waals surface area contributed by atoms with Crippen LogP contribution in [0.2, 0.25) is 0 Å². The van der Waals surface area contributed by atoms with Gasteiger partial charge in [-0.25, -0.2) is 4.98 Å². The van der Waals surface area contributed by atoms with Gasteiger partial charge >= 0.3 is 0 Å². The maximum Gasteiger partial charge on any atom is 0.257 e. The van der Waals surface area contributed by atoms with Gasteiger partial charge in [0, 0.05) is 16.8 Å². The van der Waals surface area contributed by atoms with Gasteiger partial charge in [0.15, 0.2) is 10.7 Å². The van der Waals surface area contributed by atoms with E-state index < -0.39 is 0 Å². The number of aromatic nitrogens is 1. The minimum Gasteiger partial charge on any atom is -0.489 e. The van der Waals surface area contributed by atoms with E-state index in [4.69, 9.17) is 21.4 Å². The molecule has 0 unspecified atom stereocenters. The second-order valence-electron chi connectivity index (χ2n) is 8.46. The summed E-state index contributed by atoms with van der Waals surface area (Å²) in [6, 6.07) is 30.4. The van der Waals surface area contributed by atoms with Crippen LogP contribution in [0.25, 0.3) is 22.6 Å². The fraction of sp³-hybridized carbons (Fsp3) is 0.100. The molecule has 0 aliphatic rings. The number of amides is 1. The van der Waals surface area contributed by atoms with Crippen molar-refractivity contribution >= 4 is 40.0 Å². The number of fused-ring (bicyclic) bond motifs is 1. The van der Waals surface area contributed by atoms with Crippen LogP contribution in [0.1, 0.15) is 28.4 Å². The number of carbonyl (C=O) groups excluding carboxylic acids is 1. The number of thiocarbonyl (C=S) groups is 1. The Kier molecular flexibility index (Phi) is 7.23. The highest BCUT2D eigenvalue weighted by atomic mass is 32.1. The van der Waals surface area contributed by atoms with Crippen molar-refractivity contribution in [2.45, 2.75) is 20.0 Å². The zero-order valence-electron chi connectivity index (χ0n) is 20.2. The molecule has 1 amide bonds. The zero-order chi connectivity index (χ0) is 25.6. The van der Waals surface area contributed by atoms with Gasteiger partial charge in [0.25, 0.3) is 5.91 Å². The Bertz CT molecular complexity index is 1550. The average Bonchev–Trinajstić information content (AvgIpc) is 3.36. The molecule has 4 aromatic carbocycles. The first-order valence-corrected chi connectivity index (χ1v) is 12.4. The molecular formula is C30H25N3O3S. The first-order chi connectivity index (χ1) is 18.1. The van der Waals surface area contributed by atoms with Crippen molar-refractivity contribution in [3.63, 3.8) is 0 Å². The van der Waals surface area contributed by atoms with E-state index in [1.807, 2.05) is 78.9 Å². The highest BCUT2D eigenvalue weighted by Crippen LogP contribution is 2.26.